The van der Waals surface area contributed by atoms with Gasteiger partial charge >= 0.3 is 0 Å². The summed E-state index contributed by atoms with van der Waals surface area (Å²) in [6, 6.07) is 16.4. The maximum absolute atomic E-state index is 13.9. The van der Waals surface area contributed by atoms with Crippen LogP contribution >= 0.6 is 0 Å². The van der Waals surface area contributed by atoms with E-state index in [1.54, 1.807) is 11.0 Å². The first-order valence-electron chi connectivity index (χ1n) is 11.1. The van der Waals surface area contributed by atoms with Crippen LogP contribution in [-0.4, -0.2) is 17.6 Å². The minimum absolute atomic E-state index is 0.00517. The molecule has 4 aromatic rings. The van der Waals surface area contributed by atoms with Crippen molar-refractivity contribution < 1.29 is 23.1 Å². The van der Waals surface area contributed by atoms with E-state index < -0.39 is 17.3 Å². The van der Waals surface area contributed by atoms with Crippen LogP contribution in [0.25, 0.3) is 11.0 Å². The molecule has 7 heteroatoms. The first-order valence-corrected chi connectivity index (χ1v) is 11.1. The molecule has 1 atom stereocenters. The molecule has 3 aromatic carbocycles. The third kappa shape index (κ3) is 3.15. The third-order valence-electron chi connectivity index (χ3n) is 6.42. The Morgan fingerprint density at radius 2 is 1.71 bits per heavy atom. The number of hydrogen-bond acceptors (Lipinski definition) is 5. The third-order valence-corrected chi connectivity index (χ3v) is 6.42. The molecule has 0 spiro atoms. The fourth-order valence-corrected chi connectivity index (χ4v) is 4.67. The van der Waals surface area contributed by atoms with Crippen molar-refractivity contribution in [3.8, 4) is 11.5 Å². The number of carbonyl (C=O) groups is 1. The van der Waals surface area contributed by atoms with Crippen molar-refractivity contribution in [3.63, 3.8) is 0 Å². The van der Waals surface area contributed by atoms with E-state index in [-0.39, 0.29) is 41.5 Å². The molecule has 170 valence electrons. The van der Waals surface area contributed by atoms with Crippen LogP contribution in [-0.2, 0) is 13.0 Å². The molecule has 0 radical (unpaired) electrons. The van der Waals surface area contributed by atoms with Crippen LogP contribution in [0.1, 0.15) is 45.8 Å². The van der Waals surface area contributed by atoms with Crippen molar-refractivity contribution >= 4 is 16.9 Å². The standard InChI is InChI=1S/C27H20FNO5/c1-2-15-3-6-17(7-4-15)24-23-25(30)19-12-18(28)8-10-20(19)34-26(23)27(31)29(24)13-16-5-9-21-22(11-16)33-14-32-21/h3-12,24H,2,13-14H2,1H3. The molecule has 0 N–H and O–H groups in total. The zero-order chi connectivity index (χ0) is 23.4. The van der Waals surface area contributed by atoms with Crippen molar-refractivity contribution in [2.45, 2.75) is 25.9 Å². The quantitative estimate of drug-likeness (QED) is 0.433. The summed E-state index contributed by atoms with van der Waals surface area (Å²) in [7, 11) is 0. The fourth-order valence-electron chi connectivity index (χ4n) is 4.67. The van der Waals surface area contributed by atoms with E-state index >= 15 is 0 Å². The largest absolute Gasteiger partial charge is 0.454 e. The highest BCUT2D eigenvalue weighted by molar-refractivity contribution is 5.99. The molecule has 6 nitrogen and oxygen atoms in total. The minimum atomic E-state index is -0.664. The van der Waals surface area contributed by atoms with Gasteiger partial charge in [-0.2, -0.15) is 0 Å². The molecule has 1 aromatic heterocycles. The topological polar surface area (TPSA) is 69.0 Å². The second kappa shape index (κ2) is 7.73. The smallest absolute Gasteiger partial charge is 0.291 e. The van der Waals surface area contributed by atoms with Gasteiger partial charge in [-0.1, -0.05) is 37.3 Å². The number of amides is 1. The molecule has 6 rings (SSSR count). The van der Waals surface area contributed by atoms with Gasteiger partial charge < -0.3 is 18.8 Å². The number of aryl methyl sites for hydroxylation is 1. The number of hydrogen-bond donors (Lipinski definition) is 0. The average Bonchev–Trinajstić information content (AvgIpc) is 3.43. The summed E-state index contributed by atoms with van der Waals surface area (Å²) in [4.78, 5) is 28.7. The van der Waals surface area contributed by atoms with Crippen molar-refractivity contribution in [1.29, 1.82) is 0 Å². The Balaban J connectivity index is 1.51. The van der Waals surface area contributed by atoms with Crippen molar-refractivity contribution in [1.82, 2.24) is 4.90 Å². The number of ether oxygens (including phenoxy) is 2. The molecule has 1 unspecified atom stereocenters. The Morgan fingerprint density at radius 1 is 0.941 bits per heavy atom. The molecule has 2 aliphatic rings. The van der Waals surface area contributed by atoms with Crippen LogP contribution in [0.3, 0.4) is 0 Å². The highest BCUT2D eigenvalue weighted by Crippen LogP contribution is 2.40. The van der Waals surface area contributed by atoms with Gasteiger partial charge in [-0.15, -0.1) is 0 Å². The van der Waals surface area contributed by atoms with Crippen LogP contribution in [0, 0.1) is 5.82 Å². The summed E-state index contributed by atoms with van der Waals surface area (Å²) < 4.78 is 30.7. The lowest BCUT2D eigenvalue weighted by atomic mass is 9.97. The van der Waals surface area contributed by atoms with Crippen molar-refractivity contribution in [2.75, 3.05) is 6.79 Å². The average molecular weight is 457 g/mol. The van der Waals surface area contributed by atoms with Gasteiger partial charge in [0.2, 0.25) is 12.6 Å². The highest BCUT2D eigenvalue weighted by Gasteiger charge is 2.42. The van der Waals surface area contributed by atoms with Crippen LogP contribution in [0.4, 0.5) is 4.39 Å². The second-order valence-electron chi connectivity index (χ2n) is 8.43. The normalized spacial score (nSPS) is 16.4. The summed E-state index contributed by atoms with van der Waals surface area (Å²) in [5.41, 5.74) is 2.76. The highest BCUT2D eigenvalue weighted by atomic mass is 19.1. The molecule has 2 aliphatic heterocycles. The summed E-state index contributed by atoms with van der Waals surface area (Å²) >= 11 is 0. The Kier molecular flexibility index (Phi) is 4.65. The first kappa shape index (κ1) is 20.5. The summed E-state index contributed by atoms with van der Waals surface area (Å²) in [5, 5.41) is 0.117. The van der Waals surface area contributed by atoms with Gasteiger partial charge in [-0.3, -0.25) is 9.59 Å². The van der Waals surface area contributed by atoms with Gasteiger partial charge in [0.25, 0.3) is 5.91 Å². The Labute approximate surface area is 194 Å². The summed E-state index contributed by atoms with van der Waals surface area (Å²) in [6.45, 7) is 2.44. The number of halogens is 1. The molecule has 0 aliphatic carbocycles. The molecular formula is C27H20FNO5. The van der Waals surface area contributed by atoms with E-state index in [0.717, 1.165) is 29.2 Å². The Hall–Kier alpha value is -4.13. The van der Waals surface area contributed by atoms with Crippen molar-refractivity contribution in [3.05, 3.63) is 105 Å². The molecule has 3 heterocycles. The second-order valence-corrected chi connectivity index (χ2v) is 8.43. The molecule has 0 saturated heterocycles. The van der Waals surface area contributed by atoms with E-state index in [9.17, 15) is 14.0 Å². The van der Waals surface area contributed by atoms with Crippen LogP contribution in [0.15, 0.2) is 69.9 Å². The number of carbonyl (C=O) groups excluding carboxylic acids is 1. The lowest BCUT2D eigenvalue weighted by molar-refractivity contribution is 0.0714. The maximum atomic E-state index is 13.9. The van der Waals surface area contributed by atoms with E-state index in [2.05, 4.69) is 6.92 Å². The van der Waals surface area contributed by atoms with Crippen LogP contribution in [0.5, 0.6) is 11.5 Å². The van der Waals surface area contributed by atoms with E-state index in [4.69, 9.17) is 13.9 Å². The molecule has 0 fully saturated rings. The molecule has 0 saturated carbocycles. The zero-order valence-corrected chi connectivity index (χ0v) is 18.3. The Morgan fingerprint density at radius 3 is 2.50 bits per heavy atom. The fraction of sp³-hybridized carbons (Fsp3) is 0.185. The number of fused-ring (bicyclic) bond motifs is 3. The number of nitrogens with zero attached hydrogens (tertiary/aromatic N) is 1. The monoisotopic (exact) mass is 457 g/mol. The minimum Gasteiger partial charge on any atom is -0.454 e. The van der Waals surface area contributed by atoms with Gasteiger partial charge in [0.05, 0.1) is 17.0 Å². The van der Waals surface area contributed by atoms with Gasteiger partial charge in [0, 0.05) is 6.54 Å². The van der Waals surface area contributed by atoms with Gasteiger partial charge in [-0.25, -0.2) is 4.39 Å². The van der Waals surface area contributed by atoms with E-state index in [1.807, 2.05) is 36.4 Å². The van der Waals surface area contributed by atoms with Crippen molar-refractivity contribution in [2.24, 2.45) is 0 Å². The predicted octanol–water partition coefficient (Wildman–Crippen LogP) is 4.97. The lowest BCUT2D eigenvalue weighted by Gasteiger charge is -2.25. The lowest BCUT2D eigenvalue weighted by Crippen LogP contribution is -2.29. The zero-order valence-electron chi connectivity index (χ0n) is 18.3. The Bertz CT molecular complexity index is 1510. The molecule has 0 bridgehead atoms. The van der Waals surface area contributed by atoms with Gasteiger partial charge in [0.1, 0.15) is 11.4 Å². The number of rotatable bonds is 4. The maximum Gasteiger partial charge on any atom is 0.291 e. The molecule has 1 amide bonds. The van der Waals surface area contributed by atoms with E-state index in [1.165, 1.54) is 12.1 Å². The summed E-state index contributed by atoms with van der Waals surface area (Å²) in [5.74, 6) is 0.331. The van der Waals surface area contributed by atoms with E-state index in [0.29, 0.717) is 11.5 Å². The van der Waals surface area contributed by atoms with Crippen LogP contribution in [0.2, 0.25) is 0 Å². The van der Waals surface area contributed by atoms with Gasteiger partial charge in [-0.05, 0) is 53.4 Å². The van der Waals surface area contributed by atoms with Gasteiger partial charge in [0.15, 0.2) is 16.9 Å². The predicted molar refractivity (Wildman–Crippen MR) is 123 cm³/mol. The van der Waals surface area contributed by atoms with Crippen LogP contribution < -0.4 is 14.9 Å². The summed E-state index contributed by atoms with van der Waals surface area (Å²) in [6.07, 6.45) is 0.868. The first-order chi connectivity index (χ1) is 16.5. The number of benzene rings is 3. The SMILES string of the molecule is CCc1ccc(C2c3c(oc4ccc(F)cc4c3=O)C(=O)N2Cc2ccc3c(c2)OCO3)cc1. The molecular weight excluding hydrogens is 437 g/mol. The molecule has 34 heavy (non-hydrogen) atoms.